The zero-order valence-corrected chi connectivity index (χ0v) is 21.6. The number of carbonyl (C=O) groups is 1. The summed E-state index contributed by atoms with van der Waals surface area (Å²) >= 11 is 0. The monoisotopic (exact) mass is 568 g/mol. The SMILES string of the molecule is CN=C(NCC1(C(=O)N(C)C)CCCC1)N1CCN(S(=O)(=O)Cc2ccon2)CC1.I. The Morgan fingerprint density at radius 2 is 1.90 bits per heavy atom. The first-order chi connectivity index (χ1) is 14.3. The fourth-order valence-corrected chi connectivity index (χ4v) is 5.77. The van der Waals surface area contributed by atoms with E-state index in [2.05, 4.69) is 15.5 Å². The van der Waals surface area contributed by atoms with Gasteiger partial charge in [-0.3, -0.25) is 9.79 Å². The number of aliphatic imine (C=N–C) groups is 1. The molecular weight excluding hydrogens is 535 g/mol. The van der Waals surface area contributed by atoms with E-state index in [-0.39, 0.29) is 41.1 Å². The minimum absolute atomic E-state index is 0. The van der Waals surface area contributed by atoms with E-state index in [9.17, 15) is 13.2 Å². The van der Waals surface area contributed by atoms with Crippen molar-refractivity contribution >= 4 is 45.9 Å². The van der Waals surface area contributed by atoms with Crippen LogP contribution in [-0.2, 0) is 20.6 Å². The first-order valence-electron chi connectivity index (χ1n) is 10.3. The highest BCUT2D eigenvalue weighted by Crippen LogP contribution is 2.39. The van der Waals surface area contributed by atoms with Crippen LogP contribution >= 0.6 is 24.0 Å². The van der Waals surface area contributed by atoms with Gasteiger partial charge in [-0.05, 0) is 12.8 Å². The Labute approximate surface area is 201 Å². The van der Waals surface area contributed by atoms with Gasteiger partial charge in [0, 0.05) is 59.9 Å². The van der Waals surface area contributed by atoms with Crippen molar-refractivity contribution in [3.63, 3.8) is 0 Å². The Balaban J connectivity index is 0.00000341. The van der Waals surface area contributed by atoms with Crippen LogP contribution in [0.3, 0.4) is 0 Å². The lowest BCUT2D eigenvalue weighted by Crippen LogP contribution is -2.56. The van der Waals surface area contributed by atoms with Crippen LogP contribution in [0.15, 0.2) is 21.8 Å². The quantitative estimate of drug-likeness (QED) is 0.309. The minimum atomic E-state index is -3.44. The van der Waals surface area contributed by atoms with E-state index in [1.54, 1.807) is 32.1 Å². The fourth-order valence-electron chi connectivity index (χ4n) is 4.34. The lowest BCUT2D eigenvalue weighted by molar-refractivity contribution is -0.138. The standard InChI is InChI=1S/C19H32N6O4S.HI/c1-20-18(21-15-19(7-4-5-8-19)17(26)23(2)3)24-9-11-25(12-10-24)30(27,28)14-16-6-13-29-22-16;/h6,13H,4-5,7-12,14-15H2,1-3H3,(H,20,21);1H. The smallest absolute Gasteiger partial charge is 0.230 e. The Bertz CT molecular complexity index is 845. The van der Waals surface area contributed by atoms with Crippen LogP contribution in [0.2, 0.25) is 0 Å². The maximum absolute atomic E-state index is 12.8. The molecule has 0 aromatic carbocycles. The molecule has 1 saturated heterocycles. The number of halogens is 1. The molecule has 10 nitrogen and oxygen atoms in total. The molecule has 0 radical (unpaired) electrons. The maximum atomic E-state index is 12.8. The maximum Gasteiger partial charge on any atom is 0.230 e. The van der Waals surface area contributed by atoms with E-state index < -0.39 is 10.0 Å². The molecule has 3 rings (SSSR count). The molecule has 31 heavy (non-hydrogen) atoms. The van der Waals surface area contributed by atoms with Crippen molar-refractivity contribution in [3.8, 4) is 0 Å². The van der Waals surface area contributed by atoms with Crippen molar-refractivity contribution in [2.75, 3.05) is 53.9 Å². The van der Waals surface area contributed by atoms with Gasteiger partial charge in [0.15, 0.2) is 5.96 Å². The molecule has 1 aliphatic carbocycles. The highest BCUT2D eigenvalue weighted by Gasteiger charge is 2.42. The van der Waals surface area contributed by atoms with Crippen LogP contribution in [0.1, 0.15) is 31.4 Å². The Kier molecular flexibility index (Phi) is 9.13. The van der Waals surface area contributed by atoms with Crippen LogP contribution in [-0.4, -0.2) is 93.4 Å². The van der Waals surface area contributed by atoms with Gasteiger partial charge in [-0.25, -0.2) is 8.42 Å². The molecule has 0 unspecified atom stereocenters. The Hall–Kier alpha value is -1.41. The number of sulfonamides is 1. The number of carbonyl (C=O) groups excluding carboxylic acids is 1. The molecular formula is C19H33IN6O4S. The molecule has 2 fully saturated rings. The number of nitrogens with zero attached hydrogens (tertiary/aromatic N) is 5. The van der Waals surface area contributed by atoms with Gasteiger partial charge in [0.2, 0.25) is 15.9 Å². The summed E-state index contributed by atoms with van der Waals surface area (Å²) in [4.78, 5) is 20.9. The Morgan fingerprint density at radius 3 is 2.42 bits per heavy atom. The third-order valence-electron chi connectivity index (χ3n) is 5.97. The average Bonchev–Trinajstić information content (AvgIpc) is 3.40. The molecule has 0 atom stereocenters. The molecule has 2 aliphatic rings. The van der Waals surface area contributed by atoms with Gasteiger partial charge in [-0.15, -0.1) is 24.0 Å². The van der Waals surface area contributed by atoms with Crippen molar-refractivity contribution in [2.45, 2.75) is 31.4 Å². The largest absolute Gasteiger partial charge is 0.364 e. The number of aromatic nitrogens is 1. The summed E-state index contributed by atoms with van der Waals surface area (Å²) in [6.45, 7) is 2.37. The Morgan fingerprint density at radius 1 is 1.26 bits per heavy atom. The summed E-state index contributed by atoms with van der Waals surface area (Å²) in [5, 5.41) is 7.08. The van der Waals surface area contributed by atoms with Crippen LogP contribution in [0.25, 0.3) is 0 Å². The molecule has 0 spiro atoms. The zero-order chi connectivity index (χ0) is 21.8. The molecule has 12 heteroatoms. The highest BCUT2D eigenvalue weighted by atomic mass is 127. The normalized spacial score (nSPS) is 19.7. The van der Waals surface area contributed by atoms with Gasteiger partial charge in [-0.1, -0.05) is 18.0 Å². The second-order valence-electron chi connectivity index (χ2n) is 8.22. The first kappa shape index (κ1) is 25.8. The number of rotatable bonds is 6. The third kappa shape index (κ3) is 6.09. The molecule has 0 bridgehead atoms. The molecule has 1 aliphatic heterocycles. The number of guanidine groups is 1. The van der Waals surface area contributed by atoms with Gasteiger partial charge < -0.3 is 19.6 Å². The molecule has 1 N–H and O–H groups in total. The van der Waals surface area contributed by atoms with Gasteiger partial charge in [0.25, 0.3) is 0 Å². The van der Waals surface area contributed by atoms with Gasteiger partial charge in [-0.2, -0.15) is 4.31 Å². The van der Waals surface area contributed by atoms with Crippen molar-refractivity contribution in [3.05, 3.63) is 18.0 Å². The van der Waals surface area contributed by atoms with E-state index in [4.69, 9.17) is 4.52 Å². The average molecular weight is 568 g/mol. The van der Waals surface area contributed by atoms with Gasteiger partial charge in [0.05, 0.1) is 11.1 Å². The second-order valence-corrected chi connectivity index (χ2v) is 10.2. The number of hydrogen-bond acceptors (Lipinski definition) is 6. The summed E-state index contributed by atoms with van der Waals surface area (Å²) in [5.74, 6) is 0.708. The van der Waals surface area contributed by atoms with E-state index >= 15 is 0 Å². The van der Waals surface area contributed by atoms with Crippen molar-refractivity contribution in [2.24, 2.45) is 10.4 Å². The third-order valence-corrected chi connectivity index (χ3v) is 7.78. The van der Waals surface area contributed by atoms with Gasteiger partial charge >= 0.3 is 0 Å². The van der Waals surface area contributed by atoms with E-state index in [0.717, 1.165) is 25.7 Å². The zero-order valence-electron chi connectivity index (χ0n) is 18.4. The minimum Gasteiger partial charge on any atom is -0.364 e. The van der Waals surface area contributed by atoms with Crippen LogP contribution in [0.5, 0.6) is 0 Å². The summed E-state index contributed by atoms with van der Waals surface area (Å²) in [6, 6.07) is 1.56. The van der Waals surface area contributed by atoms with Crippen molar-refractivity contribution in [1.29, 1.82) is 0 Å². The molecule has 1 saturated carbocycles. The molecule has 176 valence electrons. The molecule has 1 amide bonds. The number of hydrogen-bond donors (Lipinski definition) is 1. The second kappa shape index (κ2) is 10.9. The molecule has 1 aromatic rings. The van der Waals surface area contributed by atoms with Crippen LogP contribution < -0.4 is 5.32 Å². The molecule has 1 aromatic heterocycles. The summed E-state index contributed by atoms with van der Waals surface area (Å²) in [5.41, 5.74) is 0.0182. The number of nitrogens with one attached hydrogen (secondary N) is 1. The van der Waals surface area contributed by atoms with Crippen LogP contribution in [0, 0.1) is 5.41 Å². The topological polar surface area (TPSA) is 111 Å². The van der Waals surface area contributed by atoms with Crippen LogP contribution in [0.4, 0.5) is 0 Å². The van der Waals surface area contributed by atoms with E-state index in [1.165, 1.54) is 10.6 Å². The fraction of sp³-hybridized carbons (Fsp3) is 0.737. The van der Waals surface area contributed by atoms with Crippen molar-refractivity contribution in [1.82, 2.24) is 24.6 Å². The summed E-state index contributed by atoms with van der Waals surface area (Å²) < 4.78 is 31.4. The van der Waals surface area contributed by atoms with Gasteiger partial charge in [0.1, 0.15) is 12.0 Å². The summed E-state index contributed by atoms with van der Waals surface area (Å²) in [7, 11) is 1.87. The highest BCUT2D eigenvalue weighted by molar-refractivity contribution is 14.0. The summed E-state index contributed by atoms with van der Waals surface area (Å²) in [6.07, 6.45) is 5.24. The first-order valence-corrected chi connectivity index (χ1v) is 11.9. The predicted octanol–water partition coefficient (Wildman–Crippen LogP) is 0.964. The lowest BCUT2D eigenvalue weighted by atomic mass is 9.84. The lowest BCUT2D eigenvalue weighted by Gasteiger charge is -2.37. The van der Waals surface area contributed by atoms with Crippen molar-refractivity contribution < 1.29 is 17.7 Å². The number of amides is 1. The van der Waals surface area contributed by atoms with E-state index in [0.29, 0.717) is 44.4 Å². The number of piperazine rings is 1. The van der Waals surface area contributed by atoms with E-state index in [1.807, 2.05) is 4.90 Å². The molecule has 2 heterocycles. The predicted molar refractivity (Wildman–Crippen MR) is 129 cm³/mol.